The fourth-order valence-electron chi connectivity index (χ4n) is 3.35. The molecule has 1 aromatic carbocycles. The molecule has 0 saturated heterocycles. The first-order valence-corrected chi connectivity index (χ1v) is 9.80. The van der Waals surface area contributed by atoms with Crippen LogP contribution < -0.4 is 16.7 Å². The molecule has 1 amide bonds. The number of carbonyl (C=O) groups is 2. The van der Waals surface area contributed by atoms with Crippen molar-refractivity contribution in [2.75, 3.05) is 0 Å². The maximum absolute atomic E-state index is 13.2. The van der Waals surface area contributed by atoms with Gasteiger partial charge < -0.3 is 9.38 Å². The maximum atomic E-state index is 13.2. The normalized spacial score (nSPS) is 11.2. The van der Waals surface area contributed by atoms with E-state index in [2.05, 4.69) is 15.5 Å². The molecule has 0 aliphatic heterocycles. The number of ketones is 1. The van der Waals surface area contributed by atoms with E-state index in [0.29, 0.717) is 32.9 Å². The van der Waals surface area contributed by atoms with Crippen molar-refractivity contribution in [3.8, 4) is 0 Å². The van der Waals surface area contributed by atoms with Crippen molar-refractivity contribution < 1.29 is 9.59 Å². The van der Waals surface area contributed by atoms with Gasteiger partial charge >= 0.3 is 5.69 Å². The molecule has 0 fully saturated rings. The van der Waals surface area contributed by atoms with Crippen LogP contribution in [0.25, 0.3) is 5.52 Å². The number of aromatic amines is 2. The van der Waals surface area contributed by atoms with Gasteiger partial charge in [0.1, 0.15) is 5.69 Å². The molecule has 0 aliphatic rings. The lowest BCUT2D eigenvalue weighted by atomic mass is 10.0. The summed E-state index contributed by atoms with van der Waals surface area (Å²) in [6.45, 7) is 1.79. The summed E-state index contributed by atoms with van der Waals surface area (Å²) in [5, 5.41) is 4.48. The number of nitrogens with zero attached hydrogens (tertiary/aromatic N) is 2. The third kappa shape index (κ3) is 4.01. The highest BCUT2D eigenvalue weighted by Crippen LogP contribution is 2.24. The predicted octanol–water partition coefficient (Wildman–Crippen LogP) is 2.27. The minimum atomic E-state index is -0.800. The van der Waals surface area contributed by atoms with Crippen LogP contribution in [-0.2, 0) is 0 Å². The zero-order valence-corrected chi connectivity index (χ0v) is 17.4. The number of benzene rings is 1. The lowest BCUT2D eigenvalue weighted by Crippen LogP contribution is -2.28. The van der Waals surface area contributed by atoms with Gasteiger partial charge in [0.2, 0.25) is 5.78 Å². The van der Waals surface area contributed by atoms with E-state index in [1.54, 1.807) is 47.9 Å². The quantitative estimate of drug-likeness (QED) is 0.245. The van der Waals surface area contributed by atoms with E-state index in [4.69, 9.17) is 11.6 Å². The molecule has 4 rings (SSSR count). The Hall–Kier alpha value is -4.24. The highest BCUT2D eigenvalue weighted by Gasteiger charge is 2.21. The third-order valence-electron chi connectivity index (χ3n) is 4.82. The van der Waals surface area contributed by atoms with Crippen molar-refractivity contribution in [3.63, 3.8) is 0 Å². The average Bonchev–Trinajstić information content (AvgIpc) is 3.04. The van der Waals surface area contributed by atoms with Crippen molar-refractivity contribution >= 4 is 35.0 Å². The number of aromatic nitrogens is 3. The summed E-state index contributed by atoms with van der Waals surface area (Å²) in [6, 6.07) is 13.0. The number of hydrogen-bond acceptors (Lipinski definition) is 5. The summed E-state index contributed by atoms with van der Waals surface area (Å²) in [5.41, 5.74) is 3.48. The van der Waals surface area contributed by atoms with Crippen LogP contribution in [0.4, 0.5) is 0 Å². The number of fused-ring (bicyclic) bond motifs is 1. The molecule has 10 heteroatoms. The van der Waals surface area contributed by atoms with Gasteiger partial charge in [-0.25, -0.2) is 10.2 Å². The van der Waals surface area contributed by atoms with E-state index in [0.717, 1.165) is 6.07 Å². The molecule has 0 spiro atoms. The Morgan fingerprint density at radius 1 is 1.09 bits per heavy atom. The average molecular weight is 450 g/mol. The van der Waals surface area contributed by atoms with Crippen LogP contribution in [0.5, 0.6) is 0 Å². The second-order valence-electron chi connectivity index (χ2n) is 6.88. The summed E-state index contributed by atoms with van der Waals surface area (Å²) in [5.74, 6) is -0.951. The lowest BCUT2D eigenvalue weighted by Gasteiger charge is -2.04. The van der Waals surface area contributed by atoms with Gasteiger partial charge in [0.25, 0.3) is 11.5 Å². The summed E-state index contributed by atoms with van der Waals surface area (Å²) in [6.07, 6.45) is 3.18. The Morgan fingerprint density at radius 2 is 1.84 bits per heavy atom. The number of pyridine rings is 1. The maximum Gasteiger partial charge on any atom is 0.326 e. The van der Waals surface area contributed by atoms with Gasteiger partial charge in [0.05, 0.1) is 17.4 Å². The fraction of sp³-hybridized carbons (Fsp3) is 0.0455. The van der Waals surface area contributed by atoms with Crippen molar-refractivity contribution in [1.82, 2.24) is 19.8 Å². The molecule has 0 saturated carbocycles. The Balaban J connectivity index is 1.69. The van der Waals surface area contributed by atoms with Gasteiger partial charge in [-0.1, -0.05) is 17.7 Å². The standard InChI is InChI=1S/C22H16ClN5O4/c1-12-15(11-24-27-21(31)16-10-18(29)26-22(32)25-16)17-4-2-3-9-28(17)19(12)20(30)13-5-7-14(23)8-6-13/h2-11H,1H3,(H,27,31)(H2,25,26,29,32)/b24-11-. The summed E-state index contributed by atoms with van der Waals surface area (Å²) in [4.78, 5) is 52.3. The summed E-state index contributed by atoms with van der Waals surface area (Å²) in [7, 11) is 0. The number of H-pyrrole nitrogens is 2. The zero-order chi connectivity index (χ0) is 22.8. The molecule has 0 aliphatic carbocycles. The van der Waals surface area contributed by atoms with E-state index in [1.807, 2.05) is 17.1 Å². The Kier molecular flexibility index (Phi) is 5.57. The molecular formula is C22H16ClN5O4. The zero-order valence-electron chi connectivity index (χ0n) is 16.7. The van der Waals surface area contributed by atoms with Gasteiger partial charge in [-0.2, -0.15) is 5.10 Å². The fourth-order valence-corrected chi connectivity index (χ4v) is 3.47. The molecule has 3 aromatic heterocycles. The Bertz CT molecular complexity index is 1470. The van der Waals surface area contributed by atoms with E-state index in [1.165, 1.54) is 6.21 Å². The first-order chi connectivity index (χ1) is 15.3. The molecule has 3 N–H and O–H groups in total. The largest absolute Gasteiger partial charge is 0.326 e. The van der Waals surface area contributed by atoms with Crippen LogP contribution in [0.1, 0.15) is 37.7 Å². The first-order valence-electron chi connectivity index (χ1n) is 9.42. The molecule has 4 aromatic rings. The van der Waals surface area contributed by atoms with Crippen LogP contribution in [0.2, 0.25) is 5.02 Å². The van der Waals surface area contributed by atoms with Gasteiger partial charge in [-0.3, -0.25) is 19.4 Å². The van der Waals surface area contributed by atoms with Crippen LogP contribution in [-0.4, -0.2) is 32.3 Å². The molecule has 0 atom stereocenters. The number of halogens is 1. The predicted molar refractivity (Wildman–Crippen MR) is 120 cm³/mol. The van der Waals surface area contributed by atoms with E-state index in [9.17, 15) is 19.2 Å². The molecule has 3 heterocycles. The van der Waals surface area contributed by atoms with Crippen LogP contribution in [0.15, 0.2) is 69.4 Å². The second-order valence-corrected chi connectivity index (χ2v) is 7.32. The van der Waals surface area contributed by atoms with Crippen molar-refractivity contribution in [1.29, 1.82) is 0 Å². The topological polar surface area (TPSA) is 129 Å². The molecule has 32 heavy (non-hydrogen) atoms. The number of rotatable bonds is 5. The Morgan fingerprint density at radius 3 is 2.56 bits per heavy atom. The van der Waals surface area contributed by atoms with Gasteiger partial charge in [0, 0.05) is 28.4 Å². The lowest BCUT2D eigenvalue weighted by molar-refractivity contribution is 0.0948. The second kappa shape index (κ2) is 8.48. The molecule has 0 unspecified atom stereocenters. The minimum absolute atomic E-state index is 0.190. The van der Waals surface area contributed by atoms with Crippen LogP contribution >= 0.6 is 11.6 Å². The van der Waals surface area contributed by atoms with Crippen LogP contribution in [0.3, 0.4) is 0 Å². The van der Waals surface area contributed by atoms with Gasteiger partial charge in [-0.05, 0) is 48.9 Å². The van der Waals surface area contributed by atoms with Crippen molar-refractivity contribution in [3.05, 3.63) is 109 Å². The van der Waals surface area contributed by atoms with Crippen LogP contribution in [0, 0.1) is 6.92 Å². The summed E-state index contributed by atoms with van der Waals surface area (Å²) < 4.78 is 1.75. The number of carbonyl (C=O) groups excluding carboxylic acids is 2. The van der Waals surface area contributed by atoms with E-state index >= 15 is 0 Å². The van der Waals surface area contributed by atoms with Gasteiger partial charge in [0.15, 0.2) is 0 Å². The smallest absolute Gasteiger partial charge is 0.313 e. The van der Waals surface area contributed by atoms with E-state index < -0.39 is 17.2 Å². The van der Waals surface area contributed by atoms with Crippen molar-refractivity contribution in [2.24, 2.45) is 5.10 Å². The molecule has 0 bridgehead atoms. The highest BCUT2D eigenvalue weighted by atomic mass is 35.5. The third-order valence-corrected chi connectivity index (χ3v) is 5.07. The highest BCUT2D eigenvalue weighted by molar-refractivity contribution is 6.30. The number of hydrogen-bond donors (Lipinski definition) is 3. The van der Waals surface area contributed by atoms with Gasteiger partial charge in [-0.15, -0.1) is 0 Å². The molecule has 0 radical (unpaired) electrons. The monoisotopic (exact) mass is 449 g/mol. The Labute approximate surface area is 185 Å². The SMILES string of the molecule is Cc1c(/C=N\NC(=O)c2cc(=O)[nH]c(=O)[nH]2)c2ccccn2c1C(=O)c1ccc(Cl)cc1. The van der Waals surface area contributed by atoms with Crippen molar-refractivity contribution in [2.45, 2.75) is 6.92 Å². The number of nitrogens with one attached hydrogen (secondary N) is 3. The summed E-state index contributed by atoms with van der Waals surface area (Å²) >= 11 is 5.93. The number of amides is 1. The number of hydrazone groups is 1. The van der Waals surface area contributed by atoms with E-state index in [-0.39, 0.29) is 11.5 Å². The molecular weight excluding hydrogens is 434 g/mol. The first kappa shape index (κ1) is 21.0. The molecule has 9 nitrogen and oxygen atoms in total. The minimum Gasteiger partial charge on any atom is -0.313 e. The molecule has 160 valence electrons.